The van der Waals surface area contributed by atoms with Crippen LogP contribution < -0.4 is 9.30 Å². The summed E-state index contributed by atoms with van der Waals surface area (Å²) < 4.78 is 30.4. The number of aryl methyl sites for hydroxylation is 1. The Morgan fingerprint density at radius 2 is 1.00 bits per heavy atom. The predicted octanol–water partition coefficient (Wildman–Crippen LogP) is 9.08. The van der Waals surface area contributed by atoms with Crippen LogP contribution in [-0.2, 0) is 45.5 Å². The van der Waals surface area contributed by atoms with Gasteiger partial charge in [0.25, 0.3) is 0 Å². The van der Waals surface area contributed by atoms with E-state index in [1.807, 2.05) is 48.5 Å². The Morgan fingerprint density at radius 1 is 0.516 bits per heavy atom. The summed E-state index contributed by atoms with van der Waals surface area (Å²) in [6.45, 7) is 12.3. The van der Waals surface area contributed by atoms with Gasteiger partial charge in [0, 0.05) is 25.0 Å². The Morgan fingerprint density at radius 3 is 1.56 bits per heavy atom. The summed E-state index contributed by atoms with van der Waals surface area (Å²) in [5, 5.41) is 20.2. The Kier molecular flexibility index (Phi) is 22.7. The van der Waals surface area contributed by atoms with Crippen LogP contribution in [0, 0.1) is 16.2 Å². The number of carbonyl (C=O) groups excluding carboxylic acids is 3. The fraction of sp³-hybridized carbons (Fsp3) is 0.608. The summed E-state index contributed by atoms with van der Waals surface area (Å²) in [4.78, 5) is 40.7. The van der Waals surface area contributed by atoms with Crippen molar-refractivity contribution >= 4 is 17.9 Å². The molecule has 0 amide bonds. The second-order valence-electron chi connectivity index (χ2n) is 18.2. The number of hydrogen-bond acceptors (Lipinski definition) is 10. The van der Waals surface area contributed by atoms with E-state index < -0.39 is 39.8 Å². The van der Waals surface area contributed by atoms with Gasteiger partial charge in [-0.2, -0.15) is 0 Å². The third-order valence-corrected chi connectivity index (χ3v) is 11.3. The second-order valence-corrected chi connectivity index (χ2v) is 18.2. The number of unbranched alkanes of at least 4 members (excludes halogenated alkanes) is 9. The van der Waals surface area contributed by atoms with Gasteiger partial charge in [-0.1, -0.05) is 93.5 Å². The summed E-state index contributed by atoms with van der Waals surface area (Å²) in [5.41, 5.74) is -3.02. The van der Waals surface area contributed by atoms with Crippen molar-refractivity contribution in [2.24, 2.45) is 16.2 Å². The number of carbonyl (C=O) groups is 3. The predicted molar refractivity (Wildman–Crippen MR) is 240 cm³/mol. The van der Waals surface area contributed by atoms with Gasteiger partial charge in [0.1, 0.15) is 24.5 Å². The average molecular weight is 863 g/mol. The minimum absolute atomic E-state index is 0.0345. The van der Waals surface area contributed by atoms with E-state index in [1.165, 1.54) is 44.9 Å². The van der Waals surface area contributed by atoms with Crippen molar-refractivity contribution in [3.05, 3.63) is 96.3 Å². The van der Waals surface area contributed by atoms with Gasteiger partial charge in [0.05, 0.1) is 55.9 Å². The zero-order valence-electron chi connectivity index (χ0n) is 38.5. The molecule has 2 aromatic carbocycles. The van der Waals surface area contributed by atoms with Crippen LogP contribution in [0.1, 0.15) is 136 Å². The maximum absolute atomic E-state index is 13.7. The van der Waals surface area contributed by atoms with Crippen molar-refractivity contribution in [2.75, 3.05) is 46.2 Å². The van der Waals surface area contributed by atoms with Crippen LogP contribution in [0.4, 0.5) is 0 Å². The lowest BCUT2D eigenvalue weighted by Gasteiger charge is -2.38. The largest absolute Gasteiger partial charge is 0.493 e. The third-order valence-electron chi connectivity index (χ3n) is 11.3. The number of aliphatic hydroxyl groups excluding tert-OH is 1. The van der Waals surface area contributed by atoms with Crippen molar-refractivity contribution in [3.8, 4) is 5.75 Å². The van der Waals surface area contributed by atoms with Crippen molar-refractivity contribution in [2.45, 2.75) is 137 Å². The number of pyridine rings is 1. The maximum Gasteiger partial charge on any atom is 0.311 e. The first kappa shape index (κ1) is 52.0. The molecule has 62 heavy (non-hydrogen) atoms. The molecule has 3 rings (SSSR count). The first-order valence-electron chi connectivity index (χ1n) is 22.8. The monoisotopic (exact) mass is 863 g/mol. The molecule has 0 aliphatic heterocycles. The first-order chi connectivity index (χ1) is 29.6. The van der Waals surface area contributed by atoms with E-state index in [9.17, 15) is 19.5 Å². The standard InChI is InChI=1S/C51H76NO10/c1-48(2,45(54)60-34-22-14-12-10-8-7-9-11-13-19-30-52-31-20-16-21-32-52)40-50(5,47(56)62-39-38-58-37-33-53)41-49(3,4)46(55)61-36-23-35-59-44-28-26-43(27-29-44)51(6,57)42-24-17-15-18-25-42/h15-18,20-21,24-29,31-32,53,57H,7-14,19,22-23,30,33-41H2,1-6H3/q+1. The van der Waals surface area contributed by atoms with Gasteiger partial charge in [0.2, 0.25) is 0 Å². The molecule has 0 aliphatic rings. The van der Waals surface area contributed by atoms with Gasteiger partial charge in [-0.15, -0.1) is 0 Å². The summed E-state index contributed by atoms with van der Waals surface area (Å²) >= 11 is 0. The summed E-state index contributed by atoms with van der Waals surface area (Å²) in [6, 6.07) is 22.9. The highest BCUT2D eigenvalue weighted by atomic mass is 16.6. The molecule has 0 saturated carbocycles. The molecule has 2 unspecified atom stereocenters. The fourth-order valence-corrected chi connectivity index (χ4v) is 8.00. The van der Waals surface area contributed by atoms with Gasteiger partial charge >= 0.3 is 17.9 Å². The number of aliphatic hydroxyl groups is 2. The summed E-state index contributed by atoms with van der Waals surface area (Å²) in [7, 11) is 0. The molecule has 11 nitrogen and oxygen atoms in total. The quantitative estimate of drug-likeness (QED) is 0.0270. The normalized spacial score (nSPS) is 13.7. The molecule has 0 spiro atoms. The Hall–Kier alpha value is -4.32. The molecule has 11 heteroatoms. The zero-order valence-corrected chi connectivity index (χ0v) is 38.5. The minimum Gasteiger partial charge on any atom is -0.493 e. The van der Waals surface area contributed by atoms with Gasteiger partial charge in [0.15, 0.2) is 12.4 Å². The van der Waals surface area contributed by atoms with Crippen LogP contribution in [-0.4, -0.2) is 74.4 Å². The molecule has 0 radical (unpaired) electrons. The Bertz CT molecular complexity index is 1710. The van der Waals surface area contributed by atoms with Crippen molar-refractivity contribution in [3.63, 3.8) is 0 Å². The summed E-state index contributed by atoms with van der Waals surface area (Å²) in [5.74, 6) is -0.801. The molecular formula is C51H76NO10+. The fourth-order valence-electron chi connectivity index (χ4n) is 8.00. The van der Waals surface area contributed by atoms with E-state index in [0.717, 1.165) is 36.9 Å². The molecule has 3 aromatic rings. The van der Waals surface area contributed by atoms with Gasteiger partial charge in [-0.3, -0.25) is 14.4 Å². The van der Waals surface area contributed by atoms with Crippen molar-refractivity contribution in [1.82, 2.24) is 0 Å². The lowest BCUT2D eigenvalue weighted by Crippen LogP contribution is -2.44. The molecule has 1 heterocycles. The lowest BCUT2D eigenvalue weighted by molar-refractivity contribution is -0.697. The van der Waals surface area contributed by atoms with E-state index in [1.54, 1.807) is 53.7 Å². The minimum atomic E-state index is -1.25. The molecule has 2 atom stereocenters. The van der Waals surface area contributed by atoms with E-state index in [4.69, 9.17) is 28.8 Å². The van der Waals surface area contributed by atoms with E-state index in [-0.39, 0.29) is 45.9 Å². The molecule has 344 valence electrons. The van der Waals surface area contributed by atoms with Crippen LogP contribution in [0.2, 0.25) is 0 Å². The number of nitrogens with zero attached hydrogens (tertiary/aromatic N) is 1. The topological polar surface area (TPSA) is 142 Å². The van der Waals surface area contributed by atoms with Crippen LogP contribution >= 0.6 is 0 Å². The zero-order chi connectivity index (χ0) is 45.3. The molecule has 0 bridgehead atoms. The maximum atomic E-state index is 13.7. The van der Waals surface area contributed by atoms with Crippen LogP contribution in [0.25, 0.3) is 0 Å². The van der Waals surface area contributed by atoms with E-state index in [0.29, 0.717) is 25.4 Å². The van der Waals surface area contributed by atoms with Gasteiger partial charge in [-0.05, 0) is 90.5 Å². The van der Waals surface area contributed by atoms with Crippen LogP contribution in [0.15, 0.2) is 85.2 Å². The van der Waals surface area contributed by atoms with E-state index >= 15 is 0 Å². The number of aromatic nitrogens is 1. The average Bonchev–Trinajstić information content (AvgIpc) is 3.25. The molecule has 2 N–H and O–H groups in total. The Labute approximate surface area is 371 Å². The van der Waals surface area contributed by atoms with Crippen LogP contribution in [0.3, 0.4) is 0 Å². The number of rotatable bonds is 32. The van der Waals surface area contributed by atoms with Crippen molar-refractivity contribution in [1.29, 1.82) is 0 Å². The third kappa shape index (κ3) is 18.6. The lowest BCUT2D eigenvalue weighted by atomic mass is 9.66. The first-order valence-corrected chi connectivity index (χ1v) is 22.8. The molecule has 1 aromatic heterocycles. The number of ether oxygens (including phenoxy) is 5. The molecule has 0 fully saturated rings. The Balaban J connectivity index is 1.42. The SMILES string of the molecule is CC(C)(CC(C)(CC(C)(C)C(=O)OCCCOc1ccc(C(C)(O)c2ccccc2)cc1)C(=O)OCCOCCO)C(=O)OCCCCCCCCCCCC[n+]1ccccc1. The summed E-state index contributed by atoms with van der Waals surface area (Å²) in [6.07, 6.45) is 16.3. The van der Waals surface area contributed by atoms with Gasteiger partial charge < -0.3 is 33.9 Å². The van der Waals surface area contributed by atoms with E-state index in [2.05, 4.69) is 29.1 Å². The van der Waals surface area contributed by atoms with Gasteiger partial charge in [-0.25, -0.2) is 4.57 Å². The number of benzene rings is 2. The highest BCUT2D eigenvalue weighted by molar-refractivity contribution is 5.82. The highest BCUT2D eigenvalue weighted by Gasteiger charge is 2.49. The smallest absolute Gasteiger partial charge is 0.311 e. The molecule has 0 saturated heterocycles. The van der Waals surface area contributed by atoms with Crippen LogP contribution in [0.5, 0.6) is 5.75 Å². The highest BCUT2D eigenvalue weighted by Crippen LogP contribution is 2.44. The van der Waals surface area contributed by atoms with Crippen molar-refractivity contribution < 1.29 is 52.8 Å². The molecule has 0 aliphatic carbocycles. The number of esters is 3. The second kappa shape index (κ2) is 27.0. The molecular weight excluding hydrogens is 787 g/mol. The number of hydrogen-bond donors (Lipinski definition) is 2.